The van der Waals surface area contributed by atoms with Gasteiger partial charge in [0.2, 0.25) is 0 Å². The standard InChI is InChI=1S/C15H18N2OS/c1-18-13-5-3-2-4-11(13)15-17-12-7-6-10(9-16)8-14(12)19-15/h2-5,10H,6-9,16H2,1H3. The summed E-state index contributed by atoms with van der Waals surface area (Å²) >= 11 is 1.79. The maximum atomic E-state index is 5.79. The molecule has 1 aromatic carbocycles. The van der Waals surface area contributed by atoms with Gasteiger partial charge in [-0.25, -0.2) is 4.98 Å². The molecule has 0 bridgehead atoms. The van der Waals surface area contributed by atoms with Crippen molar-refractivity contribution < 1.29 is 4.74 Å². The van der Waals surface area contributed by atoms with Gasteiger partial charge in [0.15, 0.2) is 0 Å². The Hall–Kier alpha value is -1.39. The molecule has 1 aromatic heterocycles. The molecule has 2 N–H and O–H groups in total. The minimum Gasteiger partial charge on any atom is -0.496 e. The molecule has 3 nitrogen and oxygen atoms in total. The zero-order chi connectivity index (χ0) is 13.2. The summed E-state index contributed by atoms with van der Waals surface area (Å²) in [6, 6.07) is 8.07. The highest BCUT2D eigenvalue weighted by molar-refractivity contribution is 7.15. The Labute approximate surface area is 117 Å². The number of hydrogen-bond donors (Lipinski definition) is 1. The minimum absolute atomic E-state index is 0.624. The quantitative estimate of drug-likeness (QED) is 0.936. The van der Waals surface area contributed by atoms with Crippen LogP contribution in [-0.2, 0) is 12.8 Å². The Morgan fingerprint density at radius 3 is 3.05 bits per heavy atom. The first-order chi connectivity index (χ1) is 9.31. The molecule has 0 radical (unpaired) electrons. The number of thiazole rings is 1. The second kappa shape index (κ2) is 5.31. The molecule has 0 spiro atoms. The van der Waals surface area contributed by atoms with Crippen molar-refractivity contribution in [3.8, 4) is 16.3 Å². The third-order valence-electron chi connectivity index (χ3n) is 3.71. The number of fused-ring (bicyclic) bond motifs is 1. The van der Waals surface area contributed by atoms with Gasteiger partial charge in [-0.3, -0.25) is 0 Å². The number of nitrogens with zero attached hydrogens (tertiary/aromatic N) is 1. The first-order valence-electron chi connectivity index (χ1n) is 6.64. The Balaban J connectivity index is 1.97. The first kappa shape index (κ1) is 12.6. The fraction of sp³-hybridized carbons (Fsp3) is 0.400. The molecule has 1 aliphatic rings. The average Bonchev–Trinajstić information content (AvgIpc) is 2.89. The maximum absolute atomic E-state index is 5.79. The van der Waals surface area contributed by atoms with Crippen LogP contribution in [0.25, 0.3) is 10.6 Å². The molecule has 19 heavy (non-hydrogen) atoms. The average molecular weight is 274 g/mol. The van der Waals surface area contributed by atoms with Crippen LogP contribution in [0.4, 0.5) is 0 Å². The molecule has 1 heterocycles. The molecule has 0 saturated heterocycles. The van der Waals surface area contributed by atoms with Crippen molar-refractivity contribution in [1.29, 1.82) is 0 Å². The molecule has 0 amide bonds. The van der Waals surface area contributed by atoms with Gasteiger partial charge in [0, 0.05) is 4.88 Å². The molecule has 100 valence electrons. The van der Waals surface area contributed by atoms with Crippen LogP contribution >= 0.6 is 11.3 Å². The van der Waals surface area contributed by atoms with E-state index in [4.69, 9.17) is 15.5 Å². The van der Waals surface area contributed by atoms with E-state index in [1.807, 2.05) is 18.2 Å². The molecule has 1 aliphatic carbocycles. The fourth-order valence-electron chi connectivity index (χ4n) is 2.58. The van der Waals surface area contributed by atoms with E-state index in [1.165, 1.54) is 17.0 Å². The number of benzene rings is 1. The van der Waals surface area contributed by atoms with Crippen LogP contribution in [0.2, 0.25) is 0 Å². The zero-order valence-corrected chi connectivity index (χ0v) is 11.9. The largest absolute Gasteiger partial charge is 0.496 e. The van der Waals surface area contributed by atoms with E-state index in [1.54, 1.807) is 18.4 Å². The Kier molecular flexibility index (Phi) is 3.53. The van der Waals surface area contributed by atoms with E-state index in [0.29, 0.717) is 5.92 Å². The number of methoxy groups -OCH3 is 1. The van der Waals surface area contributed by atoms with Gasteiger partial charge < -0.3 is 10.5 Å². The van der Waals surface area contributed by atoms with Crippen molar-refractivity contribution in [3.05, 3.63) is 34.8 Å². The Bertz CT molecular complexity index is 579. The number of hydrogen-bond acceptors (Lipinski definition) is 4. The smallest absolute Gasteiger partial charge is 0.129 e. The van der Waals surface area contributed by atoms with E-state index in [2.05, 4.69) is 6.07 Å². The van der Waals surface area contributed by atoms with Crippen molar-refractivity contribution in [2.45, 2.75) is 19.3 Å². The monoisotopic (exact) mass is 274 g/mol. The topological polar surface area (TPSA) is 48.1 Å². The van der Waals surface area contributed by atoms with Crippen LogP contribution in [0.5, 0.6) is 5.75 Å². The fourth-order valence-corrected chi connectivity index (χ4v) is 3.83. The lowest BCUT2D eigenvalue weighted by atomic mass is 9.91. The van der Waals surface area contributed by atoms with Crippen molar-refractivity contribution in [2.75, 3.05) is 13.7 Å². The van der Waals surface area contributed by atoms with Crippen LogP contribution in [0.3, 0.4) is 0 Å². The molecule has 0 fully saturated rings. The molecule has 0 saturated carbocycles. The lowest BCUT2D eigenvalue weighted by molar-refractivity contribution is 0.416. The highest BCUT2D eigenvalue weighted by Gasteiger charge is 2.22. The van der Waals surface area contributed by atoms with Crippen LogP contribution < -0.4 is 10.5 Å². The molecule has 4 heteroatoms. The molecule has 1 atom stereocenters. The van der Waals surface area contributed by atoms with Gasteiger partial charge in [0.25, 0.3) is 0 Å². The van der Waals surface area contributed by atoms with Crippen molar-refractivity contribution in [3.63, 3.8) is 0 Å². The summed E-state index contributed by atoms with van der Waals surface area (Å²) in [6.07, 6.45) is 3.31. The maximum Gasteiger partial charge on any atom is 0.129 e. The Morgan fingerprint density at radius 1 is 1.42 bits per heavy atom. The highest BCUT2D eigenvalue weighted by atomic mass is 32.1. The van der Waals surface area contributed by atoms with Gasteiger partial charge in [-0.05, 0) is 43.9 Å². The lowest BCUT2D eigenvalue weighted by Gasteiger charge is -2.18. The number of aromatic nitrogens is 1. The summed E-state index contributed by atoms with van der Waals surface area (Å²) in [5.41, 5.74) is 8.14. The number of rotatable bonds is 3. The van der Waals surface area contributed by atoms with E-state index in [9.17, 15) is 0 Å². The van der Waals surface area contributed by atoms with Gasteiger partial charge in [-0.15, -0.1) is 11.3 Å². The van der Waals surface area contributed by atoms with Crippen molar-refractivity contribution >= 4 is 11.3 Å². The van der Waals surface area contributed by atoms with Crippen LogP contribution in [0.15, 0.2) is 24.3 Å². The lowest BCUT2D eigenvalue weighted by Crippen LogP contribution is -2.21. The summed E-state index contributed by atoms with van der Waals surface area (Å²) in [7, 11) is 1.71. The van der Waals surface area contributed by atoms with Crippen molar-refractivity contribution in [1.82, 2.24) is 4.98 Å². The van der Waals surface area contributed by atoms with Gasteiger partial charge in [-0.1, -0.05) is 12.1 Å². The van der Waals surface area contributed by atoms with Gasteiger partial charge in [-0.2, -0.15) is 0 Å². The second-order valence-electron chi connectivity index (χ2n) is 4.93. The second-order valence-corrected chi connectivity index (χ2v) is 6.02. The minimum atomic E-state index is 0.624. The number of nitrogens with two attached hydrogens (primary N) is 1. The summed E-state index contributed by atoms with van der Waals surface area (Å²) in [5, 5.41) is 1.07. The SMILES string of the molecule is COc1ccccc1-c1nc2c(s1)CC(CN)CC2. The number of aryl methyl sites for hydroxylation is 1. The molecule has 0 aliphatic heterocycles. The van der Waals surface area contributed by atoms with E-state index < -0.39 is 0 Å². The summed E-state index contributed by atoms with van der Waals surface area (Å²) in [5.74, 6) is 1.52. The zero-order valence-electron chi connectivity index (χ0n) is 11.1. The van der Waals surface area contributed by atoms with Crippen LogP contribution in [0, 0.1) is 5.92 Å². The molecule has 1 unspecified atom stereocenters. The third-order valence-corrected chi connectivity index (χ3v) is 4.87. The normalized spacial score (nSPS) is 18.1. The molecular weight excluding hydrogens is 256 g/mol. The highest BCUT2D eigenvalue weighted by Crippen LogP contribution is 2.37. The predicted molar refractivity (Wildman–Crippen MR) is 78.7 cm³/mol. The molecular formula is C15H18N2OS. The molecule has 3 rings (SSSR count). The third kappa shape index (κ3) is 2.38. The van der Waals surface area contributed by atoms with E-state index >= 15 is 0 Å². The summed E-state index contributed by atoms with van der Waals surface area (Å²) in [6.45, 7) is 0.779. The summed E-state index contributed by atoms with van der Waals surface area (Å²) in [4.78, 5) is 6.20. The Morgan fingerprint density at radius 2 is 2.26 bits per heavy atom. The number of ether oxygens (including phenoxy) is 1. The van der Waals surface area contributed by atoms with Gasteiger partial charge >= 0.3 is 0 Å². The van der Waals surface area contributed by atoms with Gasteiger partial charge in [0.1, 0.15) is 10.8 Å². The number of para-hydroxylation sites is 1. The van der Waals surface area contributed by atoms with Crippen LogP contribution in [-0.4, -0.2) is 18.6 Å². The molecule has 2 aromatic rings. The van der Waals surface area contributed by atoms with Gasteiger partial charge in [0.05, 0.1) is 18.4 Å². The first-order valence-corrected chi connectivity index (χ1v) is 7.45. The van der Waals surface area contributed by atoms with Crippen LogP contribution in [0.1, 0.15) is 17.0 Å². The van der Waals surface area contributed by atoms with E-state index in [0.717, 1.165) is 35.7 Å². The predicted octanol–water partition coefficient (Wildman–Crippen LogP) is 2.88. The van der Waals surface area contributed by atoms with Crippen molar-refractivity contribution in [2.24, 2.45) is 11.7 Å². The van der Waals surface area contributed by atoms with E-state index in [-0.39, 0.29) is 0 Å². The summed E-state index contributed by atoms with van der Waals surface area (Å²) < 4.78 is 5.42.